The van der Waals surface area contributed by atoms with Crippen LogP contribution in [0.5, 0.6) is 0 Å². The van der Waals surface area contributed by atoms with E-state index >= 15 is 0 Å². The van der Waals surface area contributed by atoms with Gasteiger partial charge in [0.1, 0.15) is 5.82 Å². The van der Waals surface area contributed by atoms with Crippen LogP contribution in [0.2, 0.25) is 5.02 Å². The van der Waals surface area contributed by atoms with Crippen molar-refractivity contribution in [3.8, 4) is 33.5 Å². The first-order valence-corrected chi connectivity index (χ1v) is 12.5. The normalized spacial score (nSPS) is 12.2. The monoisotopic (exact) mass is 510 g/mol. The lowest BCUT2D eigenvalue weighted by Gasteiger charge is -2.13. The minimum absolute atomic E-state index is 0.314. The maximum absolute atomic E-state index is 14.7. The number of carbonyl (C=O) groups is 1. The van der Waals surface area contributed by atoms with Gasteiger partial charge < -0.3 is 4.90 Å². The van der Waals surface area contributed by atoms with Gasteiger partial charge in [-0.25, -0.2) is 14.4 Å². The average Bonchev–Trinajstić information content (AvgIpc) is 3.37. The molecule has 0 spiro atoms. The van der Waals surface area contributed by atoms with Gasteiger partial charge in [-0.1, -0.05) is 31.5 Å². The Kier molecular flexibility index (Phi) is 6.93. The van der Waals surface area contributed by atoms with Crippen molar-refractivity contribution in [2.24, 2.45) is 0 Å². The molecule has 0 radical (unpaired) electrons. The Hall–Kier alpha value is -4.16. The smallest absolute Gasteiger partial charge is 0.214 e. The molecule has 0 fully saturated rings. The zero-order chi connectivity index (χ0) is 25.9. The molecule has 0 saturated carbocycles. The molecule has 184 valence electrons. The number of halogens is 2. The third kappa shape index (κ3) is 4.68. The number of hydrogen-bond acceptors (Lipinski definition) is 4. The van der Waals surface area contributed by atoms with Crippen molar-refractivity contribution in [1.29, 1.82) is 0 Å². The quantitative estimate of drug-likeness (QED) is 0.237. The number of fused-ring (bicyclic) bond motifs is 2. The van der Waals surface area contributed by atoms with Crippen LogP contribution in [0.1, 0.15) is 19.4 Å². The lowest BCUT2D eigenvalue weighted by atomic mass is 9.97. The van der Waals surface area contributed by atoms with Crippen LogP contribution in [0, 0.1) is 5.82 Å². The van der Waals surface area contributed by atoms with Crippen LogP contribution in [-0.4, -0.2) is 27.9 Å². The van der Waals surface area contributed by atoms with Crippen LogP contribution < -0.4 is 4.90 Å². The van der Waals surface area contributed by atoms with Crippen LogP contribution in [0.3, 0.4) is 0 Å². The molecule has 0 atom stereocenters. The highest BCUT2D eigenvalue weighted by atomic mass is 35.5. The molecule has 0 saturated heterocycles. The molecular weight excluding hydrogens is 487 g/mol. The summed E-state index contributed by atoms with van der Waals surface area (Å²) in [5.41, 5.74) is 7.03. The fourth-order valence-corrected chi connectivity index (χ4v) is 4.76. The lowest BCUT2D eigenvalue weighted by molar-refractivity contribution is -0.107. The minimum Gasteiger partial charge on any atom is -0.314 e. The van der Waals surface area contributed by atoms with Crippen LogP contribution in [0.25, 0.3) is 44.5 Å². The van der Waals surface area contributed by atoms with Crippen LogP contribution in [-0.2, 0) is 11.2 Å². The third-order valence-corrected chi connectivity index (χ3v) is 6.54. The highest BCUT2D eigenvalue weighted by Gasteiger charge is 2.19. The summed E-state index contributed by atoms with van der Waals surface area (Å²) in [5.74, 6) is -0.405. The van der Waals surface area contributed by atoms with Crippen molar-refractivity contribution < 1.29 is 9.18 Å². The van der Waals surface area contributed by atoms with Gasteiger partial charge in [0.15, 0.2) is 5.65 Å². The van der Waals surface area contributed by atoms with E-state index < -0.39 is 5.82 Å². The summed E-state index contributed by atoms with van der Waals surface area (Å²) >= 11 is 6.15. The summed E-state index contributed by atoms with van der Waals surface area (Å²) in [6, 6.07) is 18.2. The number of amides is 1. The second-order valence-electron chi connectivity index (χ2n) is 8.41. The van der Waals surface area contributed by atoms with Gasteiger partial charge in [-0.2, -0.15) is 0 Å². The first kappa shape index (κ1) is 24.5. The van der Waals surface area contributed by atoms with Crippen LogP contribution in [0.4, 0.5) is 10.1 Å². The first-order valence-electron chi connectivity index (χ1n) is 12.1. The van der Waals surface area contributed by atoms with E-state index in [0.29, 0.717) is 28.5 Å². The highest BCUT2D eigenvalue weighted by molar-refractivity contribution is 6.30. The van der Waals surface area contributed by atoms with E-state index in [1.807, 2.05) is 50.4 Å². The Bertz CT molecular complexity index is 1620. The zero-order valence-electron chi connectivity index (χ0n) is 20.5. The second-order valence-corrected chi connectivity index (χ2v) is 8.84. The van der Waals surface area contributed by atoms with Gasteiger partial charge in [0.05, 0.1) is 5.69 Å². The number of aromatic nitrogens is 3. The van der Waals surface area contributed by atoms with E-state index in [1.54, 1.807) is 23.4 Å². The molecule has 1 amide bonds. The molecule has 7 heteroatoms. The third-order valence-electron chi connectivity index (χ3n) is 6.31. The molecule has 3 aromatic heterocycles. The Morgan fingerprint density at radius 2 is 1.78 bits per heavy atom. The Labute approximate surface area is 219 Å². The summed E-state index contributed by atoms with van der Waals surface area (Å²) < 4.78 is 14.7. The van der Waals surface area contributed by atoms with Crippen molar-refractivity contribution >= 4 is 34.7 Å². The number of rotatable bonds is 4. The van der Waals surface area contributed by atoms with Crippen molar-refractivity contribution in [1.82, 2.24) is 15.0 Å². The molecule has 0 bridgehead atoms. The van der Waals surface area contributed by atoms with E-state index in [-0.39, 0.29) is 0 Å². The topological polar surface area (TPSA) is 59.0 Å². The van der Waals surface area contributed by atoms with Crippen molar-refractivity contribution in [3.05, 3.63) is 95.7 Å². The van der Waals surface area contributed by atoms with Crippen LogP contribution in [0.15, 0.2) is 79.3 Å². The number of hydrogen-bond donors (Lipinski definition) is 0. The number of benzene rings is 2. The summed E-state index contributed by atoms with van der Waals surface area (Å²) in [6.07, 6.45) is 6.96. The molecule has 1 aliphatic rings. The van der Waals surface area contributed by atoms with Gasteiger partial charge in [0.2, 0.25) is 6.41 Å². The molecule has 5 nitrogen and oxygen atoms in total. The molecule has 5 aromatic rings. The molecule has 37 heavy (non-hydrogen) atoms. The van der Waals surface area contributed by atoms with Gasteiger partial charge in [-0.3, -0.25) is 9.78 Å². The van der Waals surface area contributed by atoms with Crippen molar-refractivity contribution in [3.63, 3.8) is 0 Å². The standard InChI is InChI=1S/C28H18ClFN4O.C2H6/c29-21-4-5-25(30)24(12-21)26-13-23(22-2-1-8-32-28(22)33-26)20-11-19(14-31-15-20)17-3-6-27-18(10-17)7-9-34(27)16-35;1-2/h1-6,8,10-16H,7,9H2;1-2H3. The van der Waals surface area contributed by atoms with Gasteiger partial charge in [-0.05, 0) is 77.7 Å². The van der Waals surface area contributed by atoms with Crippen molar-refractivity contribution in [2.75, 3.05) is 11.4 Å². The van der Waals surface area contributed by atoms with E-state index in [1.165, 1.54) is 12.1 Å². The molecule has 6 rings (SSSR count). The average molecular weight is 511 g/mol. The fraction of sp³-hybridized carbons (Fsp3) is 0.133. The number of pyridine rings is 3. The van der Waals surface area contributed by atoms with Crippen molar-refractivity contribution in [2.45, 2.75) is 20.3 Å². The SMILES string of the molecule is CC.O=CN1CCc2cc(-c3cncc(-c4cc(-c5cc(Cl)ccc5F)nc5ncccc45)c3)ccc21. The number of anilines is 1. The second kappa shape index (κ2) is 10.4. The Morgan fingerprint density at radius 1 is 0.946 bits per heavy atom. The van der Waals surface area contributed by atoms with Gasteiger partial charge in [0, 0.05) is 57.9 Å². The molecule has 0 unspecified atom stereocenters. The maximum atomic E-state index is 14.7. The molecule has 0 N–H and O–H groups in total. The van der Waals surface area contributed by atoms with E-state index in [4.69, 9.17) is 11.6 Å². The predicted octanol–water partition coefficient (Wildman–Crippen LogP) is 7.36. The largest absolute Gasteiger partial charge is 0.314 e. The molecule has 0 aliphatic carbocycles. The fourth-order valence-electron chi connectivity index (χ4n) is 4.59. The summed E-state index contributed by atoms with van der Waals surface area (Å²) in [4.78, 5) is 26.5. The number of nitrogens with zero attached hydrogens (tertiary/aromatic N) is 4. The predicted molar refractivity (Wildman–Crippen MR) is 147 cm³/mol. The van der Waals surface area contributed by atoms with Gasteiger partial charge in [0.25, 0.3) is 0 Å². The van der Waals surface area contributed by atoms with E-state index in [0.717, 1.165) is 51.7 Å². The minimum atomic E-state index is -0.405. The lowest BCUT2D eigenvalue weighted by Crippen LogP contribution is -2.17. The maximum Gasteiger partial charge on any atom is 0.214 e. The summed E-state index contributed by atoms with van der Waals surface area (Å²) in [7, 11) is 0. The Morgan fingerprint density at radius 3 is 2.62 bits per heavy atom. The Balaban J connectivity index is 0.00000137. The molecule has 2 aromatic carbocycles. The first-order chi connectivity index (χ1) is 18.1. The zero-order valence-corrected chi connectivity index (χ0v) is 21.2. The highest BCUT2D eigenvalue weighted by Crippen LogP contribution is 2.36. The molecule has 4 heterocycles. The molecular formula is C30H24ClFN4O. The van der Waals surface area contributed by atoms with E-state index in [2.05, 4.69) is 27.1 Å². The molecule has 1 aliphatic heterocycles. The van der Waals surface area contributed by atoms with E-state index in [9.17, 15) is 9.18 Å². The summed E-state index contributed by atoms with van der Waals surface area (Å²) in [6.45, 7) is 4.69. The van der Waals surface area contributed by atoms with Gasteiger partial charge >= 0.3 is 0 Å². The van der Waals surface area contributed by atoms with Gasteiger partial charge in [-0.15, -0.1) is 0 Å². The van der Waals surface area contributed by atoms with Crippen LogP contribution >= 0.6 is 11.6 Å². The number of carbonyl (C=O) groups excluding carboxylic acids is 1. The summed E-state index contributed by atoms with van der Waals surface area (Å²) in [5, 5.41) is 1.27.